The highest BCUT2D eigenvalue weighted by molar-refractivity contribution is 5.81. The van der Waals surface area contributed by atoms with E-state index in [0.717, 1.165) is 6.42 Å². The first kappa shape index (κ1) is 11.0. The van der Waals surface area contributed by atoms with E-state index in [-0.39, 0.29) is 12.6 Å². The van der Waals surface area contributed by atoms with Crippen LogP contribution in [0.4, 0.5) is 0 Å². The third kappa shape index (κ3) is 7.06. The fourth-order valence-corrected chi connectivity index (χ4v) is 0.626. The van der Waals surface area contributed by atoms with Gasteiger partial charge >= 0.3 is 5.97 Å². The van der Waals surface area contributed by atoms with Crippen molar-refractivity contribution in [3.05, 3.63) is 24.8 Å². The molecule has 0 N–H and O–H groups in total. The van der Waals surface area contributed by atoms with Crippen LogP contribution in [0.5, 0.6) is 0 Å². The lowest BCUT2D eigenvalue weighted by molar-refractivity contribution is -0.136. The molecule has 0 spiro atoms. The molecule has 0 radical (unpaired) electrons. The van der Waals surface area contributed by atoms with Gasteiger partial charge in [0.1, 0.15) is 6.61 Å². The summed E-state index contributed by atoms with van der Waals surface area (Å²) < 4.78 is 4.73. The van der Waals surface area contributed by atoms with Gasteiger partial charge in [-0.3, -0.25) is 0 Å². The van der Waals surface area contributed by atoms with E-state index in [4.69, 9.17) is 4.74 Å². The molecule has 0 amide bonds. The average Bonchev–Trinajstić information content (AvgIpc) is 2.00. The molecule has 2 heteroatoms. The fraction of sp³-hybridized carbons (Fsp3) is 0.500. The summed E-state index contributed by atoms with van der Waals surface area (Å²) in [7, 11) is 0. The van der Waals surface area contributed by atoms with Crippen molar-refractivity contribution in [1.29, 1.82) is 0 Å². The number of hydrogen-bond acceptors (Lipinski definition) is 2. The van der Waals surface area contributed by atoms with Crippen molar-refractivity contribution in [3.63, 3.8) is 0 Å². The highest BCUT2D eigenvalue weighted by atomic mass is 16.5. The molecule has 0 rings (SSSR count). The summed E-state index contributed by atoms with van der Waals surface area (Å²) in [4.78, 5) is 10.8. The standard InChI is InChI=1S/C10H16O2/c1-4-8-12-10(11)7-5-6-9(2)3/h4-5,7,9H,1,6,8H2,2-3H3. The molecule has 0 aliphatic rings. The summed E-state index contributed by atoms with van der Waals surface area (Å²) in [6.07, 6.45) is 5.75. The number of ether oxygens (including phenoxy) is 1. The summed E-state index contributed by atoms with van der Waals surface area (Å²) in [6.45, 7) is 7.92. The van der Waals surface area contributed by atoms with E-state index in [0.29, 0.717) is 5.92 Å². The van der Waals surface area contributed by atoms with E-state index in [1.54, 1.807) is 6.08 Å². The van der Waals surface area contributed by atoms with Gasteiger partial charge < -0.3 is 4.74 Å². The molecule has 0 bridgehead atoms. The predicted octanol–water partition coefficient (Wildman–Crippen LogP) is 2.32. The van der Waals surface area contributed by atoms with Crippen molar-refractivity contribution in [2.45, 2.75) is 20.3 Å². The van der Waals surface area contributed by atoms with Crippen LogP contribution in [0, 0.1) is 5.92 Å². The van der Waals surface area contributed by atoms with Gasteiger partial charge in [0.2, 0.25) is 0 Å². The molecule has 0 atom stereocenters. The van der Waals surface area contributed by atoms with Crippen LogP contribution < -0.4 is 0 Å². The van der Waals surface area contributed by atoms with E-state index in [2.05, 4.69) is 20.4 Å². The van der Waals surface area contributed by atoms with E-state index in [1.165, 1.54) is 6.08 Å². The molecule has 0 aliphatic carbocycles. The van der Waals surface area contributed by atoms with Gasteiger partial charge in [0.05, 0.1) is 0 Å². The zero-order valence-electron chi connectivity index (χ0n) is 7.75. The molecular formula is C10H16O2. The Morgan fingerprint density at radius 1 is 1.58 bits per heavy atom. The van der Waals surface area contributed by atoms with E-state index < -0.39 is 0 Å². The molecule has 0 aromatic heterocycles. The molecule has 0 saturated carbocycles. The summed E-state index contributed by atoms with van der Waals surface area (Å²) >= 11 is 0. The second-order valence-electron chi connectivity index (χ2n) is 2.95. The lowest BCUT2D eigenvalue weighted by atomic mass is 10.1. The molecule has 0 heterocycles. The van der Waals surface area contributed by atoms with E-state index in [1.807, 2.05) is 6.08 Å². The second kappa shape index (κ2) is 6.65. The molecule has 0 aliphatic heterocycles. The van der Waals surface area contributed by atoms with Gasteiger partial charge in [-0.15, -0.1) is 0 Å². The number of esters is 1. The number of carbonyl (C=O) groups is 1. The first-order valence-corrected chi connectivity index (χ1v) is 4.11. The third-order valence-corrected chi connectivity index (χ3v) is 1.20. The van der Waals surface area contributed by atoms with Gasteiger partial charge in [-0.1, -0.05) is 32.6 Å². The predicted molar refractivity (Wildman–Crippen MR) is 49.8 cm³/mol. The Morgan fingerprint density at radius 2 is 2.25 bits per heavy atom. The molecule has 0 aromatic rings. The Hall–Kier alpha value is -1.05. The van der Waals surface area contributed by atoms with Crippen molar-refractivity contribution >= 4 is 5.97 Å². The largest absolute Gasteiger partial charge is 0.458 e. The normalized spacial score (nSPS) is 10.6. The van der Waals surface area contributed by atoms with Crippen molar-refractivity contribution < 1.29 is 9.53 Å². The van der Waals surface area contributed by atoms with Gasteiger partial charge in [0, 0.05) is 6.08 Å². The fourth-order valence-electron chi connectivity index (χ4n) is 0.626. The smallest absolute Gasteiger partial charge is 0.330 e. The summed E-state index contributed by atoms with van der Waals surface area (Å²) in [5, 5.41) is 0. The maximum atomic E-state index is 10.8. The Bertz CT molecular complexity index is 169. The number of rotatable bonds is 5. The lowest BCUT2D eigenvalue weighted by Gasteiger charge is -1.97. The van der Waals surface area contributed by atoms with E-state index >= 15 is 0 Å². The first-order valence-electron chi connectivity index (χ1n) is 4.11. The first-order chi connectivity index (χ1) is 5.66. The van der Waals surface area contributed by atoms with Crippen LogP contribution >= 0.6 is 0 Å². The van der Waals surface area contributed by atoms with Crippen LogP contribution in [0.1, 0.15) is 20.3 Å². The SMILES string of the molecule is C=CCOC(=O)C=CCC(C)C. The van der Waals surface area contributed by atoms with Gasteiger partial charge in [-0.25, -0.2) is 4.79 Å². The minimum Gasteiger partial charge on any atom is -0.458 e. The van der Waals surface area contributed by atoms with Gasteiger partial charge in [0.25, 0.3) is 0 Å². The number of hydrogen-bond donors (Lipinski definition) is 0. The maximum Gasteiger partial charge on any atom is 0.330 e. The van der Waals surface area contributed by atoms with Gasteiger partial charge in [-0.05, 0) is 12.3 Å². The average molecular weight is 168 g/mol. The molecule has 12 heavy (non-hydrogen) atoms. The van der Waals surface area contributed by atoms with Crippen LogP contribution in [0.3, 0.4) is 0 Å². The highest BCUT2D eigenvalue weighted by Gasteiger charge is 1.93. The molecular weight excluding hydrogens is 152 g/mol. The number of carbonyl (C=O) groups excluding carboxylic acids is 1. The van der Waals surface area contributed by atoms with Crippen molar-refractivity contribution in [1.82, 2.24) is 0 Å². The summed E-state index contributed by atoms with van der Waals surface area (Å²) in [5.74, 6) is 0.281. The Balaban J connectivity index is 3.53. The highest BCUT2D eigenvalue weighted by Crippen LogP contribution is 1.99. The summed E-state index contributed by atoms with van der Waals surface area (Å²) in [5.41, 5.74) is 0. The molecule has 68 valence electrons. The molecule has 0 aromatic carbocycles. The minimum absolute atomic E-state index is 0.283. The third-order valence-electron chi connectivity index (χ3n) is 1.20. The van der Waals surface area contributed by atoms with Crippen molar-refractivity contribution in [2.24, 2.45) is 5.92 Å². The zero-order chi connectivity index (χ0) is 9.40. The second-order valence-corrected chi connectivity index (χ2v) is 2.95. The quantitative estimate of drug-likeness (QED) is 0.358. The zero-order valence-corrected chi connectivity index (χ0v) is 7.75. The Kier molecular flexibility index (Phi) is 6.07. The molecule has 0 unspecified atom stereocenters. The van der Waals surface area contributed by atoms with Gasteiger partial charge in [-0.2, -0.15) is 0 Å². The van der Waals surface area contributed by atoms with E-state index in [9.17, 15) is 4.79 Å². The van der Waals surface area contributed by atoms with Crippen LogP contribution in [0.25, 0.3) is 0 Å². The number of allylic oxidation sites excluding steroid dienone is 1. The minimum atomic E-state index is -0.296. The van der Waals surface area contributed by atoms with Crippen molar-refractivity contribution in [3.8, 4) is 0 Å². The maximum absolute atomic E-state index is 10.8. The van der Waals surface area contributed by atoms with Crippen molar-refractivity contribution in [2.75, 3.05) is 6.61 Å². The monoisotopic (exact) mass is 168 g/mol. The molecule has 0 saturated heterocycles. The topological polar surface area (TPSA) is 26.3 Å². The summed E-state index contributed by atoms with van der Waals surface area (Å²) in [6, 6.07) is 0. The van der Waals surface area contributed by atoms with Gasteiger partial charge in [0.15, 0.2) is 0 Å². The van der Waals surface area contributed by atoms with Crippen LogP contribution in [-0.4, -0.2) is 12.6 Å². The van der Waals surface area contributed by atoms with Crippen LogP contribution in [-0.2, 0) is 9.53 Å². The molecule has 0 fully saturated rings. The Labute approximate surface area is 73.9 Å². The van der Waals surface area contributed by atoms with Crippen LogP contribution in [0.2, 0.25) is 0 Å². The van der Waals surface area contributed by atoms with Crippen LogP contribution in [0.15, 0.2) is 24.8 Å². The lowest BCUT2D eigenvalue weighted by Crippen LogP contribution is -1.99. The Morgan fingerprint density at radius 3 is 2.75 bits per heavy atom. The molecule has 2 nitrogen and oxygen atoms in total.